The molecule has 178 valence electrons. The van der Waals surface area contributed by atoms with Crippen LogP contribution in [0.25, 0.3) is 0 Å². The third kappa shape index (κ3) is 9.02. The SMILES string of the molecule is CCCC(CCO)CN=C(NCC)N1CCN(Cc2ccc(OC)c(OC)c2)CC1.I. The molecule has 31 heavy (non-hydrogen) atoms. The number of ether oxygens (including phenoxy) is 2. The van der Waals surface area contributed by atoms with E-state index in [1.807, 2.05) is 6.07 Å². The maximum atomic E-state index is 9.30. The second-order valence-electron chi connectivity index (χ2n) is 7.81. The van der Waals surface area contributed by atoms with E-state index in [-0.39, 0.29) is 30.6 Å². The number of guanidine groups is 1. The number of nitrogens with zero attached hydrogens (tertiary/aromatic N) is 3. The number of aliphatic hydroxyl groups excluding tert-OH is 1. The largest absolute Gasteiger partial charge is 0.493 e. The van der Waals surface area contributed by atoms with E-state index in [0.29, 0.717) is 5.92 Å². The molecule has 8 heteroatoms. The van der Waals surface area contributed by atoms with E-state index < -0.39 is 0 Å². The fourth-order valence-corrected chi connectivity index (χ4v) is 3.91. The Labute approximate surface area is 205 Å². The molecule has 1 aromatic rings. The normalized spacial score (nSPS) is 15.9. The summed E-state index contributed by atoms with van der Waals surface area (Å²) < 4.78 is 10.8. The number of rotatable bonds is 11. The molecule has 0 saturated carbocycles. The van der Waals surface area contributed by atoms with Crippen molar-refractivity contribution in [1.82, 2.24) is 15.1 Å². The fourth-order valence-electron chi connectivity index (χ4n) is 3.91. The summed E-state index contributed by atoms with van der Waals surface area (Å²) in [5.41, 5.74) is 1.23. The van der Waals surface area contributed by atoms with Gasteiger partial charge in [-0.3, -0.25) is 9.89 Å². The quantitative estimate of drug-likeness (QED) is 0.252. The molecular formula is C23H41IN4O3. The van der Waals surface area contributed by atoms with E-state index in [9.17, 15) is 5.11 Å². The average Bonchev–Trinajstić information content (AvgIpc) is 2.77. The van der Waals surface area contributed by atoms with Crippen molar-refractivity contribution in [2.45, 2.75) is 39.7 Å². The number of hydrogen-bond donors (Lipinski definition) is 2. The van der Waals surface area contributed by atoms with E-state index in [4.69, 9.17) is 14.5 Å². The Kier molecular flexibility index (Phi) is 13.9. The number of aliphatic imine (C=N–C) groups is 1. The van der Waals surface area contributed by atoms with Gasteiger partial charge in [-0.25, -0.2) is 0 Å². The molecule has 7 nitrogen and oxygen atoms in total. The number of methoxy groups -OCH3 is 2. The number of benzene rings is 1. The van der Waals surface area contributed by atoms with Gasteiger partial charge in [0.2, 0.25) is 0 Å². The third-order valence-corrected chi connectivity index (χ3v) is 5.59. The number of halogens is 1. The summed E-state index contributed by atoms with van der Waals surface area (Å²) in [4.78, 5) is 9.72. The van der Waals surface area contributed by atoms with Crippen molar-refractivity contribution in [3.05, 3.63) is 23.8 Å². The summed E-state index contributed by atoms with van der Waals surface area (Å²) in [6, 6.07) is 6.14. The molecular weight excluding hydrogens is 507 g/mol. The molecule has 0 amide bonds. The molecule has 2 rings (SSSR count). The van der Waals surface area contributed by atoms with Crippen molar-refractivity contribution in [2.24, 2.45) is 10.9 Å². The van der Waals surface area contributed by atoms with Crippen molar-refractivity contribution in [3.63, 3.8) is 0 Å². The first-order chi connectivity index (χ1) is 14.6. The number of nitrogens with one attached hydrogen (secondary N) is 1. The summed E-state index contributed by atoms with van der Waals surface area (Å²) in [6.07, 6.45) is 3.07. The van der Waals surface area contributed by atoms with Crippen molar-refractivity contribution in [1.29, 1.82) is 0 Å². The molecule has 1 unspecified atom stereocenters. The van der Waals surface area contributed by atoms with Crippen LogP contribution in [0.3, 0.4) is 0 Å². The zero-order chi connectivity index (χ0) is 21.8. The number of aliphatic hydroxyl groups is 1. The predicted octanol–water partition coefficient (Wildman–Crippen LogP) is 3.20. The number of hydrogen-bond acceptors (Lipinski definition) is 5. The van der Waals surface area contributed by atoms with Gasteiger partial charge in [0.1, 0.15) is 0 Å². The second-order valence-corrected chi connectivity index (χ2v) is 7.81. The fraction of sp³-hybridized carbons (Fsp3) is 0.696. The molecule has 0 bridgehead atoms. The highest BCUT2D eigenvalue weighted by atomic mass is 127. The summed E-state index contributed by atoms with van der Waals surface area (Å²) in [5, 5.41) is 12.7. The Morgan fingerprint density at radius 1 is 1.10 bits per heavy atom. The van der Waals surface area contributed by atoms with Crippen LogP contribution in [0.2, 0.25) is 0 Å². The van der Waals surface area contributed by atoms with Gasteiger partial charge >= 0.3 is 0 Å². The molecule has 2 N–H and O–H groups in total. The molecule has 0 spiro atoms. The van der Waals surface area contributed by atoms with Crippen molar-refractivity contribution >= 4 is 29.9 Å². The molecule has 1 aliphatic heterocycles. The van der Waals surface area contributed by atoms with E-state index in [0.717, 1.165) is 82.5 Å². The molecule has 0 radical (unpaired) electrons. The molecule has 0 aliphatic carbocycles. The monoisotopic (exact) mass is 548 g/mol. The summed E-state index contributed by atoms with van der Waals surface area (Å²) in [5.74, 6) is 3.00. The smallest absolute Gasteiger partial charge is 0.194 e. The van der Waals surface area contributed by atoms with Gasteiger partial charge < -0.3 is 24.8 Å². The minimum absolute atomic E-state index is 0. The lowest BCUT2D eigenvalue weighted by molar-refractivity contribution is 0.172. The van der Waals surface area contributed by atoms with Gasteiger partial charge in [-0.2, -0.15) is 0 Å². The van der Waals surface area contributed by atoms with Crippen LogP contribution in [0.5, 0.6) is 11.5 Å². The van der Waals surface area contributed by atoms with Gasteiger partial charge in [0, 0.05) is 52.4 Å². The second kappa shape index (κ2) is 15.5. The number of piperazine rings is 1. The lowest BCUT2D eigenvalue weighted by Gasteiger charge is -2.36. The average molecular weight is 549 g/mol. The van der Waals surface area contributed by atoms with E-state index in [2.05, 4.69) is 41.1 Å². The Morgan fingerprint density at radius 3 is 2.39 bits per heavy atom. The lowest BCUT2D eigenvalue weighted by atomic mass is 10.0. The molecule has 1 saturated heterocycles. The van der Waals surface area contributed by atoms with Crippen LogP contribution < -0.4 is 14.8 Å². The van der Waals surface area contributed by atoms with Crippen molar-refractivity contribution in [2.75, 3.05) is 60.1 Å². The van der Waals surface area contributed by atoms with Crippen LogP contribution in [0.4, 0.5) is 0 Å². The standard InChI is InChI=1S/C23H40N4O3.HI/c1-5-7-19(10-15-28)17-25-23(24-6-2)27-13-11-26(12-14-27)18-20-8-9-21(29-3)22(16-20)30-4;/h8-9,16,19,28H,5-7,10-15,17-18H2,1-4H3,(H,24,25);1H. The van der Waals surface area contributed by atoms with Crippen LogP contribution in [-0.2, 0) is 6.54 Å². The summed E-state index contributed by atoms with van der Waals surface area (Å²) in [7, 11) is 3.34. The van der Waals surface area contributed by atoms with Crippen molar-refractivity contribution < 1.29 is 14.6 Å². The Morgan fingerprint density at radius 2 is 1.81 bits per heavy atom. The topological polar surface area (TPSA) is 69.6 Å². The maximum absolute atomic E-state index is 9.30. The summed E-state index contributed by atoms with van der Waals surface area (Å²) in [6.45, 7) is 11.0. The van der Waals surface area contributed by atoms with Gasteiger partial charge in [0.05, 0.1) is 14.2 Å². The first kappa shape index (κ1) is 27.8. The first-order valence-electron chi connectivity index (χ1n) is 11.2. The zero-order valence-electron chi connectivity index (χ0n) is 19.6. The highest BCUT2D eigenvalue weighted by Crippen LogP contribution is 2.28. The van der Waals surface area contributed by atoms with Crippen LogP contribution in [0.1, 0.15) is 38.7 Å². The van der Waals surface area contributed by atoms with E-state index in [1.165, 1.54) is 5.56 Å². The zero-order valence-corrected chi connectivity index (χ0v) is 21.9. The highest BCUT2D eigenvalue weighted by molar-refractivity contribution is 14.0. The Bertz CT molecular complexity index is 646. The first-order valence-corrected chi connectivity index (χ1v) is 11.2. The van der Waals surface area contributed by atoms with Gasteiger partial charge in [-0.15, -0.1) is 24.0 Å². The van der Waals surface area contributed by atoms with Crippen LogP contribution >= 0.6 is 24.0 Å². The molecule has 1 fully saturated rings. The maximum Gasteiger partial charge on any atom is 0.194 e. The van der Waals surface area contributed by atoms with Gasteiger partial charge in [0.25, 0.3) is 0 Å². The van der Waals surface area contributed by atoms with Gasteiger partial charge in [-0.1, -0.05) is 19.4 Å². The minimum atomic E-state index is 0. The Balaban J connectivity index is 0.00000480. The molecule has 0 aromatic heterocycles. The molecule has 1 atom stereocenters. The van der Waals surface area contributed by atoms with Gasteiger partial charge in [-0.05, 0) is 43.4 Å². The third-order valence-electron chi connectivity index (χ3n) is 5.59. The Hall–Kier alpha value is -1.26. The molecule has 1 aliphatic rings. The predicted molar refractivity (Wildman–Crippen MR) is 138 cm³/mol. The van der Waals surface area contributed by atoms with Crippen molar-refractivity contribution in [3.8, 4) is 11.5 Å². The van der Waals surface area contributed by atoms with Gasteiger partial charge in [0.15, 0.2) is 17.5 Å². The lowest BCUT2D eigenvalue weighted by Crippen LogP contribution is -2.52. The summed E-state index contributed by atoms with van der Waals surface area (Å²) >= 11 is 0. The highest BCUT2D eigenvalue weighted by Gasteiger charge is 2.20. The van der Waals surface area contributed by atoms with E-state index in [1.54, 1.807) is 14.2 Å². The molecule has 1 heterocycles. The van der Waals surface area contributed by atoms with Crippen LogP contribution in [0.15, 0.2) is 23.2 Å². The minimum Gasteiger partial charge on any atom is -0.493 e. The van der Waals surface area contributed by atoms with E-state index >= 15 is 0 Å². The van der Waals surface area contributed by atoms with Crippen LogP contribution in [-0.4, -0.2) is 81.0 Å². The van der Waals surface area contributed by atoms with Crippen LogP contribution in [0, 0.1) is 5.92 Å². The molecule has 1 aromatic carbocycles.